The molecule has 1 saturated heterocycles. The molecule has 2 aromatic rings. The fourth-order valence-corrected chi connectivity index (χ4v) is 3.69. The van der Waals surface area contributed by atoms with Gasteiger partial charge in [-0.15, -0.1) is 0 Å². The van der Waals surface area contributed by atoms with Crippen molar-refractivity contribution in [3.05, 3.63) is 58.4 Å². The minimum absolute atomic E-state index is 0.126. The maximum Gasteiger partial charge on any atom is 0.406 e. The first-order valence-electron chi connectivity index (χ1n) is 9.52. The summed E-state index contributed by atoms with van der Waals surface area (Å²) in [6.07, 6.45) is -2.94. The van der Waals surface area contributed by atoms with Crippen LogP contribution in [0.15, 0.2) is 30.3 Å². The molecule has 1 aromatic carbocycles. The zero-order chi connectivity index (χ0) is 21.2. The summed E-state index contributed by atoms with van der Waals surface area (Å²) >= 11 is 0. The van der Waals surface area contributed by atoms with Crippen LogP contribution in [-0.2, 0) is 24.4 Å². The molecule has 1 aliphatic heterocycles. The van der Waals surface area contributed by atoms with Gasteiger partial charge in [0, 0.05) is 37.4 Å². The number of aryl methyl sites for hydroxylation is 1. The van der Waals surface area contributed by atoms with Crippen LogP contribution >= 0.6 is 0 Å². The van der Waals surface area contributed by atoms with E-state index in [-0.39, 0.29) is 23.7 Å². The van der Waals surface area contributed by atoms with Crippen molar-refractivity contribution in [3.63, 3.8) is 0 Å². The van der Waals surface area contributed by atoms with Crippen molar-refractivity contribution in [1.29, 1.82) is 0 Å². The Kier molecular flexibility index (Phi) is 6.00. The molecule has 5 nitrogen and oxygen atoms in total. The molecule has 0 radical (unpaired) electrons. The van der Waals surface area contributed by atoms with Gasteiger partial charge in [0.2, 0.25) is 5.91 Å². The quantitative estimate of drug-likeness (QED) is 0.794. The summed E-state index contributed by atoms with van der Waals surface area (Å²) in [5.74, 6) is -0.292. The average Bonchev–Trinajstić information content (AvgIpc) is 3.17. The summed E-state index contributed by atoms with van der Waals surface area (Å²) < 4.78 is 39.4. The lowest BCUT2D eigenvalue weighted by Crippen LogP contribution is -2.27. The van der Waals surface area contributed by atoms with Crippen LogP contribution in [0.2, 0.25) is 0 Å². The van der Waals surface area contributed by atoms with E-state index in [9.17, 15) is 22.8 Å². The fourth-order valence-electron chi connectivity index (χ4n) is 3.69. The number of likely N-dealkylation sites (tertiary alicyclic amines) is 1. The third kappa shape index (κ3) is 4.99. The number of nitrogens with zero attached hydrogens (tertiary/aromatic N) is 2. The number of rotatable bonds is 6. The number of amides is 2. The SMILES string of the molecule is Cc1cc(C(=O)NCc2ccccc2CN2CCCC2=O)c(C)n1CC(F)(F)F. The highest BCUT2D eigenvalue weighted by Crippen LogP contribution is 2.23. The molecule has 1 aliphatic rings. The molecule has 0 atom stereocenters. The molecule has 8 heteroatoms. The second kappa shape index (κ2) is 8.31. The van der Waals surface area contributed by atoms with E-state index in [1.165, 1.54) is 13.0 Å². The number of carbonyl (C=O) groups is 2. The number of hydrogen-bond acceptors (Lipinski definition) is 2. The minimum atomic E-state index is -4.35. The molecular weight excluding hydrogens is 383 g/mol. The van der Waals surface area contributed by atoms with Crippen LogP contribution in [0.25, 0.3) is 0 Å². The third-order valence-corrected chi connectivity index (χ3v) is 5.25. The van der Waals surface area contributed by atoms with Crippen LogP contribution in [0, 0.1) is 13.8 Å². The lowest BCUT2D eigenvalue weighted by molar-refractivity contribution is -0.141. The van der Waals surface area contributed by atoms with E-state index in [1.54, 1.807) is 11.8 Å². The van der Waals surface area contributed by atoms with E-state index in [0.717, 1.165) is 28.7 Å². The molecule has 156 valence electrons. The number of halogens is 3. The number of carbonyl (C=O) groups excluding carboxylic acids is 2. The Hall–Kier alpha value is -2.77. The molecule has 29 heavy (non-hydrogen) atoms. The molecule has 0 bridgehead atoms. The third-order valence-electron chi connectivity index (χ3n) is 5.25. The van der Waals surface area contributed by atoms with Crippen molar-refractivity contribution in [1.82, 2.24) is 14.8 Å². The molecule has 2 amide bonds. The first-order valence-corrected chi connectivity index (χ1v) is 9.52. The first-order chi connectivity index (χ1) is 13.7. The van der Waals surface area contributed by atoms with Gasteiger partial charge in [-0.3, -0.25) is 9.59 Å². The van der Waals surface area contributed by atoms with Crippen molar-refractivity contribution >= 4 is 11.8 Å². The number of alkyl halides is 3. The largest absolute Gasteiger partial charge is 0.406 e. The van der Waals surface area contributed by atoms with E-state index < -0.39 is 18.6 Å². The minimum Gasteiger partial charge on any atom is -0.348 e. The van der Waals surface area contributed by atoms with Gasteiger partial charge in [-0.05, 0) is 37.5 Å². The Balaban J connectivity index is 1.70. The number of benzene rings is 1. The summed E-state index contributed by atoms with van der Waals surface area (Å²) in [6.45, 7) is 3.40. The van der Waals surface area contributed by atoms with Gasteiger partial charge in [0.15, 0.2) is 0 Å². The lowest BCUT2D eigenvalue weighted by Gasteiger charge is -2.18. The van der Waals surface area contributed by atoms with Gasteiger partial charge < -0.3 is 14.8 Å². The Morgan fingerprint density at radius 2 is 1.86 bits per heavy atom. The van der Waals surface area contributed by atoms with Crippen molar-refractivity contribution in [2.45, 2.75) is 52.5 Å². The Labute approximate surface area is 167 Å². The van der Waals surface area contributed by atoms with E-state index in [4.69, 9.17) is 0 Å². The van der Waals surface area contributed by atoms with Crippen molar-refractivity contribution < 1.29 is 22.8 Å². The van der Waals surface area contributed by atoms with E-state index in [1.807, 2.05) is 24.3 Å². The normalized spacial score (nSPS) is 14.5. The molecule has 1 N–H and O–H groups in total. The van der Waals surface area contributed by atoms with Gasteiger partial charge in [0.05, 0.1) is 5.56 Å². The Morgan fingerprint density at radius 1 is 1.17 bits per heavy atom. The fraction of sp³-hybridized carbons (Fsp3) is 0.429. The monoisotopic (exact) mass is 407 g/mol. The summed E-state index contributed by atoms with van der Waals surface area (Å²) in [7, 11) is 0. The molecule has 2 heterocycles. The van der Waals surface area contributed by atoms with Crippen LogP contribution in [-0.4, -0.2) is 34.0 Å². The number of hydrogen-bond donors (Lipinski definition) is 1. The van der Waals surface area contributed by atoms with Crippen LogP contribution in [0.5, 0.6) is 0 Å². The molecule has 1 fully saturated rings. The maximum atomic E-state index is 12.8. The second-order valence-corrected chi connectivity index (χ2v) is 7.36. The lowest BCUT2D eigenvalue weighted by atomic mass is 10.1. The maximum absolute atomic E-state index is 12.8. The highest BCUT2D eigenvalue weighted by molar-refractivity contribution is 5.95. The zero-order valence-corrected chi connectivity index (χ0v) is 16.5. The van der Waals surface area contributed by atoms with Gasteiger partial charge in [-0.25, -0.2) is 0 Å². The van der Waals surface area contributed by atoms with Crippen LogP contribution < -0.4 is 5.32 Å². The van der Waals surface area contributed by atoms with Gasteiger partial charge in [0.1, 0.15) is 6.54 Å². The van der Waals surface area contributed by atoms with Crippen molar-refractivity contribution in [2.24, 2.45) is 0 Å². The number of nitrogens with one attached hydrogen (secondary N) is 1. The molecule has 0 saturated carbocycles. The van der Waals surface area contributed by atoms with Crippen molar-refractivity contribution in [3.8, 4) is 0 Å². The molecule has 0 aliphatic carbocycles. The molecule has 0 unspecified atom stereocenters. The zero-order valence-electron chi connectivity index (χ0n) is 16.5. The van der Waals surface area contributed by atoms with Crippen molar-refractivity contribution in [2.75, 3.05) is 6.54 Å². The summed E-state index contributed by atoms with van der Waals surface area (Å²) in [6, 6.07) is 9.01. The van der Waals surface area contributed by atoms with E-state index >= 15 is 0 Å². The smallest absolute Gasteiger partial charge is 0.348 e. The van der Waals surface area contributed by atoms with E-state index in [2.05, 4.69) is 5.32 Å². The van der Waals surface area contributed by atoms with Crippen LogP contribution in [0.4, 0.5) is 13.2 Å². The first kappa shape index (κ1) is 21.0. The summed E-state index contributed by atoms with van der Waals surface area (Å²) in [5, 5.41) is 2.80. The predicted octanol–water partition coefficient (Wildman–Crippen LogP) is 3.72. The molecule has 0 spiro atoms. The van der Waals surface area contributed by atoms with Crippen LogP contribution in [0.1, 0.15) is 45.7 Å². The van der Waals surface area contributed by atoms with Gasteiger partial charge in [-0.2, -0.15) is 13.2 Å². The molecule has 3 rings (SSSR count). The average molecular weight is 407 g/mol. The summed E-state index contributed by atoms with van der Waals surface area (Å²) in [4.78, 5) is 26.3. The topological polar surface area (TPSA) is 54.3 Å². The Bertz CT molecular complexity index is 918. The van der Waals surface area contributed by atoms with E-state index in [0.29, 0.717) is 18.7 Å². The second-order valence-electron chi connectivity index (χ2n) is 7.36. The standard InChI is InChI=1S/C21H24F3N3O2/c1-14-10-18(15(2)27(14)13-21(22,23)24)20(29)25-11-16-6-3-4-7-17(16)12-26-9-5-8-19(26)28/h3-4,6-7,10H,5,8-9,11-13H2,1-2H3,(H,25,29). The molecule has 1 aromatic heterocycles. The highest BCUT2D eigenvalue weighted by atomic mass is 19.4. The van der Waals surface area contributed by atoms with Crippen LogP contribution in [0.3, 0.4) is 0 Å². The van der Waals surface area contributed by atoms with Gasteiger partial charge in [0.25, 0.3) is 5.91 Å². The highest BCUT2D eigenvalue weighted by Gasteiger charge is 2.30. The summed E-state index contributed by atoms with van der Waals surface area (Å²) in [5.41, 5.74) is 2.74. The Morgan fingerprint density at radius 3 is 2.48 bits per heavy atom. The predicted molar refractivity (Wildman–Crippen MR) is 102 cm³/mol. The van der Waals surface area contributed by atoms with Gasteiger partial charge in [-0.1, -0.05) is 24.3 Å². The number of aromatic nitrogens is 1. The van der Waals surface area contributed by atoms with Gasteiger partial charge >= 0.3 is 6.18 Å². The molecular formula is C21H24F3N3O2.